The molecule has 0 spiro atoms. The Kier molecular flexibility index (Phi) is 13.7. The molecule has 4 aliphatic rings. The fourth-order valence-electron chi connectivity index (χ4n) is 8.90. The zero-order valence-corrected chi connectivity index (χ0v) is 33.1. The van der Waals surface area contributed by atoms with Gasteiger partial charge in [0.1, 0.15) is 5.82 Å². The summed E-state index contributed by atoms with van der Waals surface area (Å²) in [5.41, 5.74) is 11.5. The van der Waals surface area contributed by atoms with Crippen LogP contribution in [0.5, 0.6) is 0 Å². The van der Waals surface area contributed by atoms with Crippen molar-refractivity contribution in [3.05, 3.63) is 113 Å². The van der Waals surface area contributed by atoms with E-state index in [-0.39, 0.29) is 7.92 Å². The van der Waals surface area contributed by atoms with Crippen LogP contribution in [0.25, 0.3) is 0 Å². The number of nitrogens with one attached hydrogen (secondary N) is 1. The van der Waals surface area contributed by atoms with Gasteiger partial charge in [-0.25, -0.2) is 0 Å². The van der Waals surface area contributed by atoms with Gasteiger partial charge in [0, 0.05) is 17.9 Å². The molecule has 3 aliphatic carbocycles. The molecule has 1 heterocycles. The molecule has 1 aliphatic heterocycles. The quantitative estimate of drug-likeness (QED) is 0.198. The first-order valence-corrected chi connectivity index (χ1v) is 25.6. The van der Waals surface area contributed by atoms with Gasteiger partial charge in [-0.2, -0.15) is 0 Å². The number of benzene rings is 3. The molecule has 3 aromatic rings. The van der Waals surface area contributed by atoms with Crippen LogP contribution < -0.4 is 10.2 Å². The molecule has 0 radical (unpaired) electrons. The van der Waals surface area contributed by atoms with E-state index in [0.29, 0.717) is 6.04 Å². The van der Waals surface area contributed by atoms with Crippen LogP contribution in [-0.4, -0.2) is 28.1 Å². The summed E-state index contributed by atoms with van der Waals surface area (Å²) in [7, 11) is 11.4. The van der Waals surface area contributed by atoms with Gasteiger partial charge in [0.15, 0.2) is 0 Å². The summed E-state index contributed by atoms with van der Waals surface area (Å²) in [5, 5.41) is 4.08. The van der Waals surface area contributed by atoms with Crippen molar-refractivity contribution in [1.29, 1.82) is 0 Å². The van der Waals surface area contributed by atoms with E-state index in [2.05, 4.69) is 72.6 Å². The summed E-state index contributed by atoms with van der Waals surface area (Å²) >= 11 is -1.61. The molecule has 1 saturated heterocycles. The summed E-state index contributed by atoms with van der Waals surface area (Å²) in [4.78, 5) is 2.75. The summed E-state index contributed by atoms with van der Waals surface area (Å²) in [6.07, 6.45) is 20.5. The molecule has 0 aromatic heterocycles. The summed E-state index contributed by atoms with van der Waals surface area (Å²) in [6, 6.07) is 28.5. The predicted octanol–water partition coefficient (Wildman–Crippen LogP) is 12.5. The van der Waals surface area contributed by atoms with E-state index in [1.807, 2.05) is 40.5 Å². The van der Waals surface area contributed by atoms with Gasteiger partial charge >= 0.3 is 73.4 Å². The van der Waals surface area contributed by atoms with Crippen molar-refractivity contribution in [3.8, 4) is 0 Å². The molecule has 2 atom stereocenters. The minimum absolute atomic E-state index is 0.0345. The Labute approximate surface area is 305 Å². The van der Waals surface area contributed by atoms with Gasteiger partial charge in [-0.05, 0) is 98.4 Å². The zero-order chi connectivity index (χ0) is 33.3. The third-order valence-corrected chi connectivity index (χ3v) is 17.0. The second kappa shape index (κ2) is 18.1. The molecule has 260 valence electrons. The summed E-state index contributed by atoms with van der Waals surface area (Å²) in [5.74, 6) is 1.50. The predicted molar refractivity (Wildman–Crippen MR) is 209 cm³/mol. The molecular weight excluding hydrogens is 735 g/mol. The van der Waals surface area contributed by atoms with Crippen molar-refractivity contribution in [1.82, 2.24) is 5.32 Å². The van der Waals surface area contributed by atoms with E-state index in [9.17, 15) is 0 Å². The zero-order valence-electron chi connectivity index (χ0n) is 29.0. The van der Waals surface area contributed by atoms with Gasteiger partial charge in [-0.15, -0.1) is 0 Å². The van der Waals surface area contributed by atoms with Crippen molar-refractivity contribution in [2.45, 2.75) is 127 Å². The Morgan fingerprint density at radius 3 is 1.90 bits per heavy atom. The van der Waals surface area contributed by atoms with Crippen LogP contribution in [0.2, 0.25) is 0 Å². The minimum atomic E-state index is -1.61. The summed E-state index contributed by atoms with van der Waals surface area (Å²) in [6.45, 7) is 5.61. The molecule has 0 bridgehead atoms. The van der Waals surface area contributed by atoms with Gasteiger partial charge in [0.2, 0.25) is 0 Å². The van der Waals surface area contributed by atoms with Crippen LogP contribution in [-0.2, 0) is 13.5 Å². The molecule has 7 rings (SSSR count). The number of para-hydroxylation sites is 1. The SMILES string of the molecule is Cc1ccccc1C1CNC(=C2CCCCC2P(C2CCCCC2)C2CCCCC2)N1c1ccccc1C.[Cl][Ru]([Cl])=[CH]c1ccccc1. The second-order valence-electron chi connectivity index (χ2n) is 14.3. The van der Waals surface area contributed by atoms with E-state index in [1.54, 1.807) is 0 Å². The van der Waals surface area contributed by atoms with Crippen LogP contribution in [0.4, 0.5) is 5.69 Å². The first-order chi connectivity index (χ1) is 23.5. The molecule has 4 fully saturated rings. The van der Waals surface area contributed by atoms with Crippen molar-refractivity contribution in [2.24, 2.45) is 0 Å². The average molecular weight is 791 g/mol. The van der Waals surface area contributed by atoms with Crippen molar-refractivity contribution < 1.29 is 13.5 Å². The number of hydrogen-bond acceptors (Lipinski definition) is 2. The Bertz CT molecular complexity index is 1510. The van der Waals surface area contributed by atoms with Crippen LogP contribution in [0, 0.1) is 13.8 Å². The Balaban J connectivity index is 0.000000345. The normalized spacial score (nSPS) is 24.1. The molecule has 3 saturated carbocycles. The third-order valence-electron chi connectivity index (χ3n) is 11.2. The van der Waals surface area contributed by atoms with E-state index in [1.165, 1.54) is 118 Å². The van der Waals surface area contributed by atoms with E-state index in [4.69, 9.17) is 19.4 Å². The van der Waals surface area contributed by atoms with Crippen LogP contribution in [0.1, 0.15) is 118 Å². The van der Waals surface area contributed by atoms with Crippen LogP contribution >= 0.6 is 27.3 Å². The van der Waals surface area contributed by atoms with Crippen LogP contribution in [0.3, 0.4) is 0 Å². The number of hydrogen-bond donors (Lipinski definition) is 1. The van der Waals surface area contributed by atoms with Crippen molar-refractivity contribution >= 4 is 37.6 Å². The molecule has 0 amide bonds. The fraction of sp³-hybridized carbons (Fsp3) is 0.500. The van der Waals surface area contributed by atoms with Gasteiger partial charge in [0.05, 0.1) is 6.04 Å². The topological polar surface area (TPSA) is 15.3 Å². The van der Waals surface area contributed by atoms with E-state index in [0.717, 1.165) is 29.1 Å². The summed E-state index contributed by atoms with van der Waals surface area (Å²) < 4.78 is 1.92. The first-order valence-electron chi connectivity index (χ1n) is 18.5. The number of anilines is 1. The second-order valence-corrected chi connectivity index (χ2v) is 23.0. The Morgan fingerprint density at radius 2 is 1.27 bits per heavy atom. The first kappa shape index (κ1) is 36.3. The maximum atomic E-state index is 5.67. The number of nitrogens with zero attached hydrogens (tertiary/aromatic N) is 1. The molecule has 2 unspecified atom stereocenters. The molecule has 2 nitrogen and oxygen atoms in total. The average Bonchev–Trinajstić information content (AvgIpc) is 3.55. The fourth-order valence-corrected chi connectivity index (χ4v) is 15.4. The Hall–Kier alpha value is -1.50. The monoisotopic (exact) mass is 790 g/mol. The molecule has 6 heteroatoms. The number of rotatable bonds is 6. The maximum absolute atomic E-state index is 5.67. The molecule has 3 aromatic carbocycles. The van der Waals surface area contributed by atoms with E-state index >= 15 is 0 Å². The molecule has 1 N–H and O–H groups in total. The number of allylic oxidation sites excluding steroid dienone is 1. The van der Waals surface area contributed by atoms with Crippen molar-refractivity contribution in [3.63, 3.8) is 0 Å². The Morgan fingerprint density at radius 1 is 0.688 bits per heavy atom. The number of aryl methyl sites for hydroxylation is 2. The van der Waals surface area contributed by atoms with Gasteiger partial charge < -0.3 is 10.2 Å². The van der Waals surface area contributed by atoms with Gasteiger partial charge in [-0.3, -0.25) is 0 Å². The molecule has 48 heavy (non-hydrogen) atoms. The van der Waals surface area contributed by atoms with Gasteiger partial charge in [-0.1, -0.05) is 95.3 Å². The van der Waals surface area contributed by atoms with Crippen molar-refractivity contribution in [2.75, 3.05) is 11.4 Å². The number of halogens is 2. The third kappa shape index (κ3) is 9.04. The standard InChI is InChI=1S/C35H49N2P.C7H6.2ClH.Ru/c1-26-15-9-11-21-30(26)33-25-36-35(37(33)32-23-13-10-16-27(32)2)31-22-12-14-24-34(31)38(28-17-5-3-6-18-28)29-19-7-4-8-20-29;1-7-5-3-2-4-6-7;;;/h9-11,13,15-16,21,23,28-29,33-34,36H,3-8,12,14,17-20,22,24-25H2,1-2H3;1-6H;2*1H;/q;;;;+2/p-2. The molecular formula is C42H55Cl2N2PRu. The van der Waals surface area contributed by atoms with Gasteiger partial charge in [0.25, 0.3) is 0 Å². The van der Waals surface area contributed by atoms with E-state index < -0.39 is 13.5 Å². The van der Waals surface area contributed by atoms with Crippen LogP contribution in [0.15, 0.2) is 90.3 Å².